The third kappa shape index (κ3) is 5.00. The Morgan fingerprint density at radius 1 is 0.654 bits per heavy atom. The number of rotatable bonds is 8. The van der Waals surface area contributed by atoms with Gasteiger partial charge in [0.2, 0.25) is 0 Å². The molecule has 130 valence electrons. The van der Waals surface area contributed by atoms with Crippen LogP contribution >= 0.6 is 0 Å². The van der Waals surface area contributed by atoms with E-state index in [1.165, 1.54) is 0 Å². The van der Waals surface area contributed by atoms with Crippen LogP contribution in [0.3, 0.4) is 0 Å². The zero-order valence-corrected chi connectivity index (χ0v) is 14.7. The standard InChI is InChI=1S/C24H22O2/c25-23(16-19-10-4-1-5-11-19)17-22(20-12-6-2-7-13-20)18-24(26)21-14-8-3-9-15-21/h1-15,22H,16-18H2. The summed E-state index contributed by atoms with van der Waals surface area (Å²) in [4.78, 5) is 25.3. The van der Waals surface area contributed by atoms with Gasteiger partial charge in [0.25, 0.3) is 0 Å². The summed E-state index contributed by atoms with van der Waals surface area (Å²) in [6.07, 6.45) is 1.12. The lowest BCUT2D eigenvalue weighted by atomic mass is 9.86. The molecule has 0 fully saturated rings. The Bertz CT molecular complexity index is 839. The van der Waals surface area contributed by atoms with Crippen LogP contribution in [0.4, 0.5) is 0 Å². The minimum atomic E-state index is -0.0971. The number of benzene rings is 3. The van der Waals surface area contributed by atoms with Gasteiger partial charge in [0.1, 0.15) is 5.78 Å². The lowest BCUT2D eigenvalue weighted by molar-refractivity contribution is -0.118. The summed E-state index contributed by atoms with van der Waals surface area (Å²) in [5.41, 5.74) is 2.75. The molecule has 0 bridgehead atoms. The van der Waals surface area contributed by atoms with Gasteiger partial charge in [0.15, 0.2) is 5.78 Å². The van der Waals surface area contributed by atoms with Crippen LogP contribution in [0.5, 0.6) is 0 Å². The molecule has 3 aromatic carbocycles. The van der Waals surface area contributed by atoms with Gasteiger partial charge in [-0.2, -0.15) is 0 Å². The second-order valence-electron chi connectivity index (χ2n) is 6.51. The normalized spacial score (nSPS) is 11.7. The summed E-state index contributed by atoms with van der Waals surface area (Å²) >= 11 is 0. The maximum absolute atomic E-state index is 12.7. The zero-order chi connectivity index (χ0) is 18.2. The Labute approximate surface area is 154 Å². The van der Waals surface area contributed by atoms with Gasteiger partial charge < -0.3 is 0 Å². The third-order valence-electron chi connectivity index (χ3n) is 4.52. The van der Waals surface area contributed by atoms with Gasteiger partial charge in [-0.3, -0.25) is 9.59 Å². The highest BCUT2D eigenvalue weighted by atomic mass is 16.1. The summed E-state index contributed by atoms with van der Waals surface area (Å²) < 4.78 is 0. The van der Waals surface area contributed by atoms with E-state index in [1.807, 2.05) is 91.0 Å². The quantitative estimate of drug-likeness (QED) is 0.524. The van der Waals surface area contributed by atoms with Crippen molar-refractivity contribution in [3.05, 3.63) is 108 Å². The van der Waals surface area contributed by atoms with Gasteiger partial charge in [-0.1, -0.05) is 91.0 Å². The SMILES string of the molecule is O=C(Cc1ccccc1)CC(CC(=O)c1ccccc1)c1ccccc1. The predicted molar refractivity (Wildman–Crippen MR) is 104 cm³/mol. The van der Waals surface area contributed by atoms with Crippen LogP contribution in [0, 0.1) is 0 Å². The molecule has 0 heterocycles. The second-order valence-corrected chi connectivity index (χ2v) is 6.51. The van der Waals surface area contributed by atoms with E-state index < -0.39 is 0 Å². The Morgan fingerprint density at radius 3 is 1.81 bits per heavy atom. The molecule has 2 nitrogen and oxygen atoms in total. The fraction of sp³-hybridized carbons (Fsp3) is 0.167. The van der Waals surface area contributed by atoms with Crippen molar-refractivity contribution in [2.45, 2.75) is 25.2 Å². The van der Waals surface area contributed by atoms with Gasteiger partial charge in [-0.05, 0) is 17.0 Å². The van der Waals surface area contributed by atoms with Crippen molar-refractivity contribution in [2.75, 3.05) is 0 Å². The minimum Gasteiger partial charge on any atom is -0.299 e. The molecule has 3 rings (SSSR count). The molecule has 0 saturated heterocycles. The smallest absolute Gasteiger partial charge is 0.163 e. The molecule has 3 aromatic rings. The third-order valence-corrected chi connectivity index (χ3v) is 4.52. The highest BCUT2D eigenvalue weighted by Crippen LogP contribution is 2.26. The lowest BCUT2D eigenvalue weighted by Gasteiger charge is -2.16. The number of Topliss-reactive ketones (excluding diaryl/α,β-unsaturated/α-hetero) is 2. The van der Waals surface area contributed by atoms with Crippen molar-refractivity contribution in [3.8, 4) is 0 Å². The van der Waals surface area contributed by atoms with E-state index in [-0.39, 0.29) is 17.5 Å². The van der Waals surface area contributed by atoms with Crippen LogP contribution in [-0.2, 0) is 11.2 Å². The van der Waals surface area contributed by atoms with Gasteiger partial charge in [-0.15, -0.1) is 0 Å². The van der Waals surface area contributed by atoms with Crippen molar-refractivity contribution in [2.24, 2.45) is 0 Å². The first kappa shape index (κ1) is 17.8. The molecule has 0 spiro atoms. The zero-order valence-electron chi connectivity index (χ0n) is 14.7. The van der Waals surface area contributed by atoms with Crippen molar-refractivity contribution in [1.82, 2.24) is 0 Å². The number of hydrogen-bond acceptors (Lipinski definition) is 2. The maximum atomic E-state index is 12.7. The molecule has 0 radical (unpaired) electrons. The summed E-state index contributed by atoms with van der Waals surface area (Å²) in [5.74, 6) is 0.137. The number of ketones is 2. The minimum absolute atomic E-state index is 0.0759. The fourth-order valence-electron chi connectivity index (χ4n) is 3.17. The molecule has 0 saturated carbocycles. The van der Waals surface area contributed by atoms with Gasteiger partial charge in [0.05, 0.1) is 0 Å². The molecule has 0 amide bonds. The molecule has 0 aromatic heterocycles. The Kier molecular flexibility index (Phi) is 6.10. The topological polar surface area (TPSA) is 34.1 Å². The highest BCUT2D eigenvalue weighted by molar-refractivity contribution is 5.97. The molecule has 0 aliphatic heterocycles. The van der Waals surface area contributed by atoms with Crippen molar-refractivity contribution >= 4 is 11.6 Å². The summed E-state index contributed by atoms with van der Waals surface area (Å²) in [6.45, 7) is 0. The summed E-state index contributed by atoms with van der Waals surface area (Å²) in [7, 11) is 0. The molecule has 26 heavy (non-hydrogen) atoms. The largest absolute Gasteiger partial charge is 0.299 e. The van der Waals surface area contributed by atoms with Crippen molar-refractivity contribution in [3.63, 3.8) is 0 Å². The van der Waals surface area contributed by atoms with Crippen molar-refractivity contribution < 1.29 is 9.59 Å². The molecule has 1 atom stereocenters. The van der Waals surface area contributed by atoms with Crippen LogP contribution in [0.1, 0.15) is 40.2 Å². The van der Waals surface area contributed by atoms with E-state index in [1.54, 1.807) is 0 Å². The molecule has 1 unspecified atom stereocenters. The summed E-state index contributed by atoms with van der Waals surface area (Å²) in [6, 6.07) is 28.9. The Balaban J connectivity index is 1.73. The van der Waals surface area contributed by atoms with E-state index in [2.05, 4.69) is 0 Å². The monoisotopic (exact) mass is 342 g/mol. The maximum Gasteiger partial charge on any atom is 0.163 e. The second kappa shape index (κ2) is 8.91. The van der Waals surface area contributed by atoms with Gasteiger partial charge in [-0.25, -0.2) is 0 Å². The number of carbonyl (C=O) groups is 2. The van der Waals surface area contributed by atoms with Crippen LogP contribution in [-0.4, -0.2) is 11.6 Å². The van der Waals surface area contributed by atoms with Gasteiger partial charge >= 0.3 is 0 Å². The van der Waals surface area contributed by atoms with E-state index in [4.69, 9.17) is 0 Å². The van der Waals surface area contributed by atoms with Crippen LogP contribution in [0.15, 0.2) is 91.0 Å². The van der Waals surface area contributed by atoms with E-state index in [9.17, 15) is 9.59 Å². The predicted octanol–water partition coefficient (Wildman–Crippen LogP) is 5.25. The lowest BCUT2D eigenvalue weighted by Crippen LogP contribution is -2.14. The Hall–Kier alpha value is -3.00. The highest BCUT2D eigenvalue weighted by Gasteiger charge is 2.20. The first-order chi connectivity index (χ1) is 12.7. The Morgan fingerprint density at radius 2 is 1.19 bits per heavy atom. The molecule has 0 aliphatic rings. The molecule has 0 N–H and O–H groups in total. The van der Waals surface area contributed by atoms with Crippen LogP contribution in [0.2, 0.25) is 0 Å². The van der Waals surface area contributed by atoms with Gasteiger partial charge in [0, 0.05) is 24.8 Å². The summed E-state index contributed by atoms with van der Waals surface area (Å²) in [5, 5.41) is 0. The number of hydrogen-bond donors (Lipinski definition) is 0. The first-order valence-electron chi connectivity index (χ1n) is 8.91. The molecule has 2 heteroatoms. The fourth-order valence-corrected chi connectivity index (χ4v) is 3.17. The van der Waals surface area contributed by atoms with Crippen LogP contribution < -0.4 is 0 Å². The molecule has 0 aliphatic carbocycles. The van der Waals surface area contributed by atoms with Crippen LogP contribution in [0.25, 0.3) is 0 Å². The van der Waals surface area contributed by atoms with E-state index in [0.717, 1.165) is 11.1 Å². The average molecular weight is 342 g/mol. The average Bonchev–Trinajstić information content (AvgIpc) is 2.69. The number of carbonyl (C=O) groups excluding carboxylic acids is 2. The van der Waals surface area contributed by atoms with E-state index in [0.29, 0.717) is 24.8 Å². The van der Waals surface area contributed by atoms with Crippen molar-refractivity contribution in [1.29, 1.82) is 0 Å². The van der Waals surface area contributed by atoms with E-state index >= 15 is 0 Å². The molecular formula is C24H22O2. The molecular weight excluding hydrogens is 320 g/mol. The first-order valence-corrected chi connectivity index (χ1v) is 8.91.